The Bertz CT molecular complexity index is 1490. The molecule has 5 rings (SSSR count). The maximum atomic E-state index is 13.3. The molecule has 0 spiro atoms. The highest BCUT2D eigenvalue weighted by Gasteiger charge is 2.30. The second-order valence-electron chi connectivity index (χ2n) is 7.99. The molecule has 12 heteroatoms. The van der Waals surface area contributed by atoms with E-state index in [2.05, 4.69) is 15.4 Å². The van der Waals surface area contributed by atoms with Crippen LogP contribution < -0.4 is 10.9 Å². The smallest absolute Gasteiger partial charge is 0.311 e. The van der Waals surface area contributed by atoms with Crippen LogP contribution in [0.25, 0.3) is 16.7 Å². The van der Waals surface area contributed by atoms with Gasteiger partial charge in [0, 0.05) is 17.6 Å². The number of nitrogens with one attached hydrogen (secondary N) is 1. The summed E-state index contributed by atoms with van der Waals surface area (Å²) in [7, 11) is 0. The zero-order valence-electron chi connectivity index (χ0n) is 19.1. The van der Waals surface area contributed by atoms with Gasteiger partial charge in [0.05, 0.1) is 36.6 Å². The topological polar surface area (TPSA) is 121 Å². The highest BCUT2D eigenvalue weighted by molar-refractivity contribution is 7.99. The van der Waals surface area contributed by atoms with Crippen molar-refractivity contribution in [2.45, 2.75) is 37.9 Å². The summed E-state index contributed by atoms with van der Waals surface area (Å²) in [5.41, 5.74) is 2.72. The van der Waals surface area contributed by atoms with Crippen LogP contribution in [0.4, 0.5) is 5.13 Å². The molecule has 180 valence electrons. The van der Waals surface area contributed by atoms with Gasteiger partial charge >= 0.3 is 5.97 Å². The summed E-state index contributed by atoms with van der Waals surface area (Å²) in [6.45, 7) is 4.03. The van der Waals surface area contributed by atoms with Gasteiger partial charge in [0.25, 0.3) is 5.56 Å². The van der Waals surface area contributed by atoms with E-state index in [1.165, 1.54) is 29.3 Å². The quantitative estimate of drug-likeness (QED) is 0.297. The molecule has 0 radical (unpaired) electrons. The number of thioether (sulfide) groups is 1. The van der Waals surface area contributed by atoms with Crippen LogP contribution in [-0.2, 0) is 20.7 Å². The number of thiazole rings is 1. The van der Waals surface area contributed by atoms with Gasteiger partial charge in [0.1, 0.15) is 5.39 Å². The molecule has 1 aromatic carbocycles. The highest BCUT2D eigenvalue weighted by atomic mass is 32.2. The van der Waals surface area contributed by atoms with E-state index in [4.69, 9.17) is 9.72 Å². The van der Waals surface area contributed by atoms with Gasteiger partial charge < -0.3 is 10.1 Å². The van der Waals surface area contributed by atoms with Crippen molar-refractivity contribution in [3.8, 4) is 5.69 Å². The second-order valence-corrected chi connectivity index (χ2v) is 9.84. The number of rotatable bonds is 7. The molecule has 10 nitrogen and oxygen atoms in total. The fourth-order valence-corrected chi connectivity index (χ4v) is 5.80. The van der Waals surface area contributed by atoms with E-state index in [9.17, 15) is 14.4 Å². The number of benzene rings is 1. The normalized spacial score (nSPS) is 14.7. The third-order valence-electron chi connectivity index (χ3n) is 5.56. The monoisotopic (exact) mass is 510 g/mol. The second kappa shape index (κ2) is 9.62. The Balaban J connectivity index is 1.34. The average molecular weight is 511 g/mol. The summed E-state index contributed by atoms with van der Waals surface area (Å²) in [4.78, 5) is 46.7. The molecular weight excluding hydrogens is 488 g/mol. The lowest BCUT2D eigenvalue weighted by atomic mass is 10.2. The van der Waals surface area contributed by atoms with Crippen LogP contribution in [0.5, 0.6) is 0 Å². The van der Waals surface area contributed by atoms with Crippen molar-refractivity contribution in [3.63, 3.8) is 0 Å². The minimum Gasteiger partial charge on any atom is -0.466 e. The Labute approximate surface area is 208 Å². The maximum Gasteiger partial charge on any atom is 0.311 e. The van der Waals surface area contributed by atoms with Crippen molar-refractivity contribution >= 4 is 51.1 Å². The van der Waals surface area contributed by atoms with Crippen molar-refractivity contribution in [1.29, 1.82) is 0 Å². The van der Waals surface area contributed by atoms with Gasteiger partial charge in [-0.1, -0.05) is 30.0 Å². The predicted octanol–water partition coefficient (Wildman–Crippen LogP) is 3.13. The lowest BCUT2D eigenvalue weighted by molar-refractivity contribution is -0.142. The molecule has 3 aromatic heterocycles. The highest BCUT2D eigenvalue weighted by Crippen LogP contribution is 2.34. The molecule has 0 bridgehead atoms. The largest absolute Gasteiger partial charge is 0.466 e. The lowest BCUT2D eigenvalue weighted by Crippen LogP contribution is -2.27. The number of nitrogens with zero attached hydrogens (tertiary/aromatic N) is 5. The van der Waals surface area contributed by atoms with Gasteiger partial charge in [-0.25, -0.2) is 14.6 Å². The van der Waals surface area contributed by atoms with E-state index in [-0.39, 0.29) is 36.3 Å². The Kier molecular flexibility index (Phi) is 6.39. The Morgan fingerprint density at radius 2 is 2.09 bits per heavy atom. The first-order valence-electron chi connectivity index (χ1n) is 11.0. The Hall–Kier alpha value is -3.51. The van der Waals surface area contributed by atoms with Crippen molar-refractivity contribution in [3.05, 3.63) is 57.5 Å². The Morgan fingerprint density at radius 3 is 2.89 bits per heavy atom. The fourth-order valence-electron chi connectivity index (χ4n) is 3.95. The number of aromatic nitrogens is 5. The molecule has 1 aliphatic rings. The van der Waals surface area contributed by atoms with Gasteiger partial charge in [0.15, 0.2) is 15.9 Å². The van der Waals surface area contributed by atoms with Crippen LogP contribution in [0.3, 0.4) is 0 Å². The summed E-state index contributed by atoms with van der Waals surface area (Å²) in [5.74, 6) is -0.0613. The molecule has 0 aliphatic carbocycles. The van der Waals surface area contributed by atoms with Crippen molar-refractivity contribution in [1.82, 2.24) is 24.3 Å². The summed E-state index contributed by atoms with van der Waals surface area (Å²) in [6.07, 6.45) is 1.69. The van der Waals surface area contributed by atoms with E-state index < -0.39 is 0 Å². The number of esters is 1. The SMILES string of the molecule is CCOC(=O)Cc1csc(NC(=O)CC2CSc3nc4c(cnn4-c4ccccc4C)c(=O)n32)n1. The van der Waals surface area contributed by atoms with Crippen LogP contribution >= 0.6 is 23.1 Å². The number of ether oxygens (including phenoxy) is 1. The van der Waals surface area contributed by atoms with Crippen LogP contribution in [0.1, 0.15) is 30.6 Å². The summed E-state index contributed by atoms with van der Waals surface area (Å²) in [6, 6.07) is 7.45. The number of fused-ring (bicyclic) bond motifs is 2. The molecule has 1 atom stereocenters. The van der Waals surface area contributed by atoms with Gasteiger partial charge in [-0.15, -0.1) is 11.3 Å². The van der Waals surface area contributed by atoms with E-state index in [0.717, 1.165) is 11.3 Å². The van der Waals surface area contributed by atoms with Gasteiger partial charge in [-0.2, -0.15) is 5.10 Å². The zero-order chi connectivity index (χ0) is 24.5. The number of hydrogen-bond acceptors (Lipinski definition) is 9. The summed E-state index contributed by atoms with van der Waals surface area (Å²) >= 11 is 2.69. The first-order valence-corrected chi connectivity index (χ1v) is 12.9. The number of aryl methyl sites for hydroxylation is 1. The van der Waals surface area contributed by atoms with Crippen molar-refractivity contribution < 1.29 is 14.3 Å². The minimum absolute atomic E-state index is 0.0557. The predicted molar refractivity (Wildman–Crippen MR) is 133 cm³/mol. The third kappa shape index (κ3) is 4.58. The first kappa shape index (κ1) is 23.2. The van der Waals surface area contributed by atoms with E-state index in [0.29, 0.717) is 39.4 Å². The number of amides is 1. The molecule has 1 N–H and O–H groups in total. The number of carbonyl (C=O) groups is 2. The van der Waals surface area contributed by atoms with Crippen molar-refractivity contribution in [2.24, 2.45) is 0 Å². The van der Waals surface area contributed by atoms with Crippen LogP contribution in [-0.4, -0.2) is 48.6 Å². The number of carbonyl (C=O) groups excluding carboxylic acids is 2. The number of para-hydroxylation sites is 1. The molecule has 1 amide bonds. The molecule has 35 heavy (non-hydrogen) atoms. The molecule has 0 saturated carbocycles. The molecule has 1 aliphatic heterocycles. The van der Waals surface area contributed by atoms with Crippen LogP contribution in [0, 0.1) is 6.92 Å². The molecule has 0 saturated heterocycles. The Morgan fingerprint density at radius 1 is 1.26 bits per heavy atom. The van der Waals surface area contributed by atoms with E-state index in [1.54, 1.807) is 21.6 Å². The summed E-state index contributed by atoms with van der Waals surface area (Å²) < 4.78 is 8.20. The standard InChI is InChI=1S/C23H22N6O4S2/c1-3-33-19(31)8-14-11-34-22(25-14)26-18(30)9-15-12-35-23-27-20-16(21(32)28(15)23)10-24-29(20)17-7-5-4-6-13(17)2/h4-7,10-11,15H,3,8-9,12H2,1-2H3,(H,25,26,30). The van der Waals surface area contributed by atoms with E-state index >= 15 is 0 Å². The average Bonchev–Trinajstić information content (AvgIpc) is 3.54. The van der Waals surface area contributed by atoms with Crippen molar-refractivity contribution in [2.75, 3.05) is 17.7 Å². The minimum atomic E-state index is -0.362. The molecule has 1 unspecified atom stereocenters. The first-order chi connectivity index (χ1) is 16.9. The number of anilines is 1. The molecular formula is C23H22N6O4S2. The molecule has 0 fully saturated rings. The van der Waals surface area contributed by atoms with Gasteiger partial charge in [-0.3, -0.25) is 19.0 Å². The maximum absolute atomic E-state index is 13.3. The molecule has 4 heterocycles. The van der Waals surface area contributed by atoms with Crippen LogP contribution in [0.2, 0.25) is 0 Å². The van der Waals surface area contributed by atoms with Gasteiger partial charge in [-0.05, 0) is 25.5 Å². The zero-order valence-corrected chi connectivity index (χ0v) is 20.7. The lowest BCUT2D eigenvalue weighted by Gasteiger charge is -2.13. The van der Waals surface area contributed by atoms with Crippen LogP contribution in [0.15, 0.2) is 45.8 Å². The molecule has 4 aromatic rings. The van der Waals surface area contributed by atoms with Gasteiger partial charge in [0.2, 0.25) is 5.91 Å². The summed E-state index contributed by atoms with van der Waals surface area (Å²) in [5, 5.41) is 10.3. The number of hydrogen-bond donors (Lipinski definition) is 1. The fraction of sp³-hybridized carbons (Fsp3) is 0.304. The third-order valence-corrected chi connectivity index (χ3v) is 7.47. The van der Waals surface area contributed by atoms with E-state index in [1.807, 2.05) is 31.2 Å².